The van der Waals surface area contributed by atoms with Crippen LogP contribution in [-0.2, 0) is 32.4 Å². The second-order valence-electron chi connectivity index (χ2n) is 11.1. The molecular formula is C25H37N8O16P2+. The number of aliphatic hydroxyl groups excluding tert-OH is 4. The van der Waals surface area contributed by atoms with Crippen molar-refractivity contribution < 1.29 is 81.8 Å². The van der Waals surface area contributed by atoms with Gasteiger partial charge in [-0.05, 0) is 6.07 Å². The summed E-state index contributed by atoms with van der Waals surface area (Å²) < 4.78 is 32.8. The molecule has 2 aliphatic rings. The van der Waals surface area contributed by atoms with Gasteiger partial charge in [-0.25, -0.2) is 20.8 Å². The highest BCUT2D eigenvalue weighted by atomic mass is 31.3. The quantitative estimate of drug-likeness (QED) is 0.0252. The minimum Gasteiger partial charge on any atom is -0.603 e. The van der Waals surface area contributed by atoms with E-state index in [9.17, 15) is 44.8 Å². The number of carbonyl (C=O) groups is 1. The summed E-state index contributed by atoms with van der Waals surface area (Å²) in [7, 11) is -10.8. The Labute approximate surface area is 288 Å². The second-order valence-corrected chi connectivity index (χ2v) is 14.1. The smallest absolute Gasteiger partial charge is 0.434 e. The molecule has 2 fully saturated rings. The van der Waals surface area contributed by atoms with E-state index in [1.54, 1.807) is 0 Å². The number of primary amides is 1. The molecule has 3 aromatic rings. The molecule has 2 saturated heterocycles. The van der Waals surface area contributed by atoms with E-state index in [4.69, 9.17) is 34.9 Å². The van der Waals surface area contributed by atoms with E-state index in [0.29, 0.717) is 19.0 Å². The van der Waals surface area contributed by atoms with Crippen molar-refractivity contribution in [2.24, 2.45) is 11.6 Å². The van der Waals surface area contributed by atoms with Gasteiger partial charge in [0.15, 0.2) is 41.7 Å². The van der Waals surface area contributed by atoms with Crippen molar-refractivity contribution in [3.05, 3.63) is 42.7 Å². The molecule has 0 aliphatic carbocycles. The third-order valence-corrected chi connectivity index (χ3v) is 10.2. The molecule has 5 rings (SSSR count). The number of nitrogens with one attached hydrogen (secondary N) is 1. The Balaban J connectivity index is 1.13. The lowest BCUT2D eigenvalue weighted by molar-refractivity contribution is -0.765. The molecule has 26 heteroatoms. The molecule has 11 N–H and O–H groups in total. The fourth-order valence-corrected chi connectivity index (χ4v) is 7.23. The van der Waals surface area contributed by atoms with Crippen LogP contribution in [0.1, 0.15) is 22.8 Å². The lowest BCUT2D eigenvalue weighted by Crippen LogP contribution is -2.46. The van der Waals surface area contributed by atoms with E-state index >= 15 is 0 Å². The maximum absolute atomic E-state index is 12.6. The fraction of sp³-hybridized carbons (Fsp3) is 0.560. The molecule has 0 bridgehead atoms. The molecule has 5 heterocycles. The SMILES string of the molecule is NOCCOCCNc1ncnc2c1ncn2[C@@H]1O[C@H](CO[P+]([O-])(O)O[P+]([O-])(O)OC[C@H]2O[C@@H]([n+]3cccc(C(N)=O)c3)[C@H](O)[C@@H]2O)[C@@H](O)[C@H]1O. The minimum absolute atomic E-state index is 0.0653. The lowest BCUT2D eigenvalue weighted by atomic mass is 10.1. The van der Waals surface area contributed by atoms with Crippen LogP contribution in [0, 0.1) is 0 Å². The fourth-order valence-electron chi connectivity index (χ4n) is 5.14. The summed E-state index contributed by atoms with van der Waals surface area (Å²) in [6, 6.07) is 2.83. The number of carbonyl (C=O) groups excluding carboxylic acids is 1. The number of nitrogens with zero attached hydrogens (tertiary/aromatic N) is 5. The van der Waals surface area contributed by atoms with Crippen molar-refractivity contribution in [2.45, 2.75) is 49.1 Å². The van der Waals surface area contributed by atoms with Crippen molar-refractivity contribution in [3.63, 3.8) is 0 Å². The molecule has 24 nitrogen and oxygen atoms in total. The predicted octanol–water partition coefficient (Wildman–Crippen LogP) is -5.42. The zero-order valence-corrected chi connectivity index (χ0v) is 28.2. The first-order valence-corrected chi connectivity index (χ1v) is 18.0. The number of amides is 1. The molecule has 0 spiro atoms. The molecule has 0 saturated carbocycles. The first-order valence-electron chi connectivity index (χ1n) is 15.0. The van der Waals surface area contributed by atoms with Gasteiger partial charge < -0.3 is 60.3 Å². The zero-order chi connectivity index (χ0) is 36.9. The molecule has 1 amide bonds. The van der Waals surface area contributed by atoms with Gasteiger partial charge in [-0.1, -0.05) is 0 Å². The Morgan fingerprint density at radius 2 is 1.67 bits per heavy atom. The third-order valence-electron chi connectivity index (χ3n) is 7.60. The topological polar surface area (TPSA) is 361 Å². The van der Waals surface area contributed by atoms with Crippen molar-refractivity contribution in [1.82, 2.24) is 19.5 Å². The monoisotopic (exact) mass is 767 g/mol. The molecule has 51 heavy (non-hydrogen) atoms. The average molecular weight is 768 g/mol. The van der Waals surface area contributed by atoms with Crippen LogP contribution in [0.15, 0.2) is 37.2 Å². The Morgan fingerprint density at radius 3 is 2.35 bits per heavy atom. The predicted molar refractivity (Wildman–Crippen MR) is 163 cm³/mol. The molecule has 0 radical (unpaired) electrons. The van der Waals surface area contributed by atoms with Gasteiger partial charge >= 0.3 is 16.3 Å². The van der Waals surface area contributed by atoms with Crippen LogP contribution in [0.2, 0.25) is 0 Å². The molecule has 2 unspecified atom stereocenters. The minimum atomic E-state index is -5.40. The first kappa shape index (κ1) is 39.4. The normalized spacial score (nSPS) is 28.9. The highest BCUT2D eigenvalue weighted by molar-refractivity contribution is 7.66. The number of aromatic nitrogens is 5. The third kappa shape index (κ3) is 9.60. The van der Waals surface area contributed by atoms with Gasteiger partial charge in [0, 0.05) is 16.9 Å². The maximum Gasteiger partial charge on any atom is 0.434 e. The van der Waals surface area contributed by atoms with E-state index in [1.165, 1.54) is 46.3 Å². The summed E-state index contributed by atoms with van der Waals surface area (Å²) in [4.78, 5) is 73.8. The van der Waals surface area contributed by atoms with E-state index in [2.05, 4.69) is 29.4 Å². The number of rotatable bonds is 18. The van der Waals surface area contributed by atoms with Crippen molar-refractivity contribution in [3.8, 4) is 0 Å². The van der Waals surface area contributed by atoms with Crippen LogP contribution in [0.3, 0.4) is 0 Å². The number of hydrogen-bond acceptors (Lipinski definition) is 21. The molecule has 10 atom stereocenters. The van der Waals surface area contributed by atoms with Gasteiger partial charge in [-0.2, -0.15) is 23.4 Å². The maximum atomic E-state index is 12.6. The number of hydrogen-bond donors (Lipinski definition) is 9. The summed E-state index contributed by atoms with van der Waals surface area (Å²) >= 11 is 0. The number of pyridine rings is 1. The summed E-state index contributed by atoms with van der Waals surface area (Å²) in [6.07, 6.45) is -6.86. The van der Waals surface area contributed by atoms with E-state index in [0.717, 1.165) is 0 Å². The van der Waals surface area contributed by atoms with Gasteiger partial charge in [0.1, 0.15) is 55.6 Å². The summed E-state index contributed by atoms with van der Waals surface area (Å²) in [5.41, 5.74) is 5.81. The van der Waals surface area contributed by atoms with Gasteiger partial charge in [0.05, 0.1) is 26.1 Å². The Hall–Kier alpha value is -2.81. The molecule has 2 aliphatic heterocycles. The number of aliphatic hydroxyl groups is 4. The number of nitrogens with two attached hydrogens (primary N) is 2. The largest absolute Gasteiger partial charge is 0.603 e. The van der Waals surface area contributed by atoms with Gasteiger partial charge in [0.2, 0.25) is 0 Å². The van der Waals surface area contributed by atoms with E-state index in [-0.39, 0.29) is 29.9 Å². The van der Waals surface area contributed by atoms with Gasteiger partial charge in [-0.15, -0.1) is 0 Å². The highest BCUT2D eigenvalue weighted by Gasteiger charge is 2.53. The van der Waals surface area contributed by atoms with E-state index in [1.807, 2.05) is 0 Å². The highest BCUT2D eigenvalue weighted by Crippen LogP contribution is 2.65. The number of phosphoric acid groups is 2. The molecule has 0 aromatic carbocycles. The first-order chi connectivity index (χ1) is 24.2. The lowest BCUT2D eigenvalue weighted by Gasteiger charge is -2.25. The van der Waals surface area contributed by atoms with Gasteiger partial charge in [-0.3, -0.25) is 9.36 Å². The zero-order valence-electron chi connectivity index (χ0n) is 26.4. The number of fused-ring (bicyclic) bond motifs is 1. The van der Waals surface area contributed by atoms with Crippen LogP contribution in [-0.4, -0.2) is 132 Å². The van der Waals surface area contributed by atoms with Crippen LogP contribution in [0.25, 0.3) is 11.2 Å². The summed E-state index contributed by atoms with van der Waals surface area (Å²) in [5, 5.41) is 45.2. The number of phosphoric ester groups is 2. The standard InChI is InChI=1S/C25H36N8O16P2/c26-21(38)13-2-1-4-32(8-13)24-19(36)17(34)14(47-24)9-45-50(39,40)49-51(41,42)46-10-15-18(35)20(37)25(48-15)33-12-31-16-22(29-11-30-23(16)33)28-3-5-43-6-7-44-27/h1-2,4,8,11-12,14-15,17-20,24-25,34-37H,3,5-7,9-10,27H2,(H4-,26,28,29,30,38,39,40,41,42)/p+1/t14-,15-,17-,18-,19-,20-,24-,25-/m1/s1. The van der Waals surface area contributed by atoms with Gasteiger partial charge in [0.25, 0.3) is 12.1 Å². The second kappa shape index (κ2) is 16.9. The Morgan fingerprint density at radius 1 is 0.980 bits per heavy atom. The van der Waals surface area contributed by atoms with Crippen molar-refractivity contribution in [1.29, 1.82) is 0 Å². The average Bonchev–Trinajstić information content (AvgIpc) is 3.73. The summed E-state index contributed by atoms with van der Waals surface area (Å²) in [6.45, 7) is -0.681. The Kier molecular flexibility index (Phi) is 13.1. The van der Waals surface area contributed by atoms with Crippen molar-refractivity contribution >= 4 is 39.2 Å². The van der Waals surface area contributed by atoms with Crippen LogP contribution in [0.4, 0.5) is 5.82 Å². The van der Waals surface area contributed by atoms with Crippen LogP contribution in [0.5, 0.6) is 0 Å². The Bertz CT molecular complexity index is 1630. The molecule has 282 valence electrons. The van der Waals surface area contributed by atoms with E-state index < -0.39 is 84.5 Å². The van der Waals surface area contributed by atoms with Crippen LogP contribution >= 0.6 is 16.3 Å². The number of ether oxygens (including phenoxy) is 3. The molecular weight excluding hydrogens is 730 g/mol. The van der Waals surface area contributed by atoms with Crippen molar-refractivity contribution in [2.75, 3.05) is 44.9 Å². The number of imidazole rings is 1. The van der Waals surface area contributed by atoms with Crippen LogP contribution < -0.4 is 31.3 Å². The molecule has 3 aromatic heterocycles. The summed E-state index contributed by atoms with van der Waals surface area (Å²) in [5.74, 6) is 4.51. The number of anilines is 1.